The number of piperidine rings is 1. The summed E-state index contributed by atoms with van der Waals surface area (Å²) in [5.41, 5.74) is 3.29. The summed E-state index contributed by atoms with van der Waals surface area (Å²) in [6, 6.07) is 8.83. The molecule has 124 valence electrons. The van der Waals surface area contributed by atoms with Crippen LogP contribution >= 0.6 is 11.7 Å². The maximum Gasteiger partial charge on any atom is 0.225 e. The van der Waals surface area contributed by atoms with Gasteiger partial charge in [-0.1, -0.05) is 6.07 Å². The molecule has 3 heterocycles. The molecule has 0 radical (unpaired) electrons. The third kappa shape index (κ3) is 3.22. The van der Waals surface area contributed by atoms with E-state index in [4.69, 9.17) is 0 Å². The van der Waals surface area contributed by atoms with Gasteiger partial charge < -0.3 is 4.90 Å². The van der Waals surface area contributed by atoms with Crippen molar-refractivity contribution >= 4 is 28.7 Å². The highest BCUT2D eigenvalue weighted by Crippen LogP contribution is 2.21. The second-order valence-corrected chi connectivity index (χ2v) is 6.80. The number of benzene rings is 1. The van der Waals surface area contributed by atoms with Crippen molar-refractivity contribution in [2.24, 2.45) is 0 Å². The van der Waals surface area contributed by atoms with Crippen LogP contribution in [0.3, 0.4) is 0 Å². The van der Waals surface area contributed by atoms with Crippen molar-refractivity contribution in [3.8, 4) is 0 Å². The van der Waals surface area contributed by atoms with Crippen molar-refractivity contribution in [1.82, 2.24) is 23.6 Å². The highest BCUT2D eigenvalue weighted by atomic mass is 32.1. The summed E-state index contributed by atoms with van der Waals surface area (Å²) in [5, 5.41) is 0. The van der Waals surface area contributed by atoms with Gasteiger partial charge in [0.15, 0.2) is 0 Å². The van der Waals surface area contributed by atoms with Crippen LogP contribution in [0.5, 0.6) is 0 Å². The molecule has 1 fully saturated rings. The van der Waals surface area contributed by atoms with Crippen molar-refractivity contribution in [3.05, 3.63) is 42.2 Å². The number of hydrogen-bond donors (Lipinski definition) is 0. The number of aromatic nitrogens is 4. The van der Waals surface area contributed by atoms with Gasteiger partial charge in [0, 0.05) is 38.1 Å². The molecule has 1 aromatic carbocycles. The van der Waals surface area contributed by atoms with Crippen LogP contribution in [-0.4, -0.2) is 49.8 Å². The topological polar surface area (TPSA) is 58.0 Å². The molecule has 3 aromatic rings. The maximum atomic E-state index is 4.35. The first kappa shape index (κ1) is 15.4. The minimum atomic E-state index is 0.592. The Morgan fingerprint density at radius 1 is 1.12 bits per heavy atom. The Morgan fingerprint density at radius 2 is 1.88 bits per heavy atom. The molecule has 0 bridgehead atoms. The van der Waals surface area contributed by atoms with Gasteiger partial charge in [-0.3, -0.25) is 4.90 Å². The zero-order chi connectivity index (χ0) is 16.4. The Kier molecular flexibility index (Phi) is 4.36. The normalized spacial score (nSPS) is 16.2. The molecule has 1 saturated heterocycles. The molecule has 0 spiro atoms. The van der Waals surface area contributed by atoms with E-state index in [1.807, 2.05) is 18.5 Å². The first-order valence-corrected chi connectivity index (χ1v) is 8.96. The highest BCUT2D eigenvalue weighted by molar-refractivity contribution is 7.00. The summed E-state index contributed by atoms with van der Waals surface area (Å²) in [4.78, 5) is 13.4. The van der Waals surface area contributed by atoms with Crippen LogP contribution in [0.15, 0.2) is 36.7 Å². The van der Waals surface area contributed by atoms with Gasteiger partial charge in [0.05, 0.1) is 11.7 Å². The molecule has 0 saturated carbocycles. The number of rotatable bonds is 4. The van der Waals surface area contributed by atoms with E-state index in [2.05, 4.69) is 53.8 Å². The zero-order valence-corrected chi connectivity index (χ0v) is 14.5. The summed E-state index contributed by atoms with van der Waals surface area (Å²) < 4.78 is 8.60. The lowest BCUT2D eigenvalue weighted by atomic mass is 10.0. The molecule has 2 aromatic heterocycles. The Hall–Kier alpha value is -2.12. The third-order valence-electron chi connectivity index (χ3n) is 4.67. The van der Waals surface area contributed by atoms with Crippen molar-refractivity contribution in [1.29, 1.82) is 0 Å². The number of nitrogens with zero attached hydrogens (tertiary/aromatic N) is 6. The lowest BCUT2D eigenvalue weighted by Crippen LogP contribution is -2.43. The third-order valence-corrected chi connectivity index (χ3v) is 5.23. The lowest BCUT2D eigenvalue weighted by molar-refractivity contribution is 0.200. The predicted octanol–water partition coefficient (Wildman–Crippen LogP) is 2.58. The molecule has 0 N–H and O–H groups in total. The van der Waals surface area contributed by atoms with E-state index >= 15 is 0 Å². The molecule has 0 aliphatic carbocycles. The van der Waals surface area contributed by atoms with Crippen molar-refractivity contribution in [3.63, 3.8) is 0 Å². The second kappa shape index (κ2) is 6.78. The molecule has 1 aliphatic heterocycles. The van der Waals surface area contributed by atoms with E-state index in [1.54, 1.807) is 0 Å². The van der Waals surface area contributed by atoms with Gasteiger partial charge in [0.1, 0.15) is 11.0 Å². The van der Waals surface area contributed by atoms with Gasteiger partial charge in [-0.15, -0.1) is 0 Å². The van der Waals surface area contributed by atoms with Gasteiger partial charge in [0.2, 0.25) is 5.95 Å². The molecular weight excluding hydrogens is 320 g/mol. The van der Waals surface area contributed by atoms with E-state index in [-0.39, 0.29) is 0 Å². The largest absolute Gasteiger partial charge is 0.341 e. The molecule has 4 rings (SSSR count). The minimum absolute atomic E-state index is 0.592. The number of fused-ring (bicyclic) bond motifs is 1. The molecule has 0 atom stereocenters. The molecule has 1 aliphatic rings. The number of anilines is 1. The van der Waals surface area contributed by atoms with Crippen molar-refractivity contribution in [2.75, 3.05) is 25.0 Å². The monoisotopic (exact) mass is 340 g/mol. The van der Waals surface area contributed by atoms with Crippen molar-refractivity contribution < 1.29 is 0 Å². The van der Waals surface area contributed by atoms with E-state index in [0.717, 1.165) is 49.5 Å². The Labute approximate surface area is 145 Å². The molecule has 24 heavy (non-hydrogen) atoms. The second-order valence-electron chi connectivity index (χ2n) is 6.27. The molecule has 7 heteroatoms. The summed E-state index contributed by atoms with van der Waals surface area (Å²) in [6.07, 6.45) is 5.89. The van der Waals surface area contributed by atoms with Gasteiger partial charge in [0.25, 0.3) is 0 Å². The van der Waals surface area contributed by atoms with Gasteiger partial charge >= 0.3 is 0 Å². The fourth-order valence-electron chi connectivity index (χ4n) is 3.30. The van der Waals surface area contributed by atoms with Crippen molar-refractivity contribution in [2.45, 2.75) is 25.4 Å². The van der Waals surface area contributed by atoms with Gasteiger partial charge in [-0.2, -0.15) is 8.75 Å². The van der Waals surface area contributed by atoms with Gasteiger partial charge in [-0.05, 0) is 43.7 Å². The standard InChI is InChI=1S/C17H20N6S/c1-22(12-13-3-4-15-16(11-13)21-24-20-15)14-5-9-23(10-6-14)17-18-7-2-8-19-17/h2-4,7-8,11,14H,5-6,9-10,12H2,1H3. The zero-order valence-electron chi connectivity index (χ0n) is 13.7. The first-order chi connectivity index (χ1) is 11.8. The van der Waals surface area contributed by atoms with E-state index in [1.165, 1.54) is 17.3 Å². The number of hydrogen-bond acceptors (Lipinski definition) is 7. The minimum Gasteiger partial charge on any atom is -0.341 e. The maximum absolute atomic E-state index is 4.35. The highest BCUT2D eigenvalue weighted by Gasteiger charge is 2.23. The van der Waals surface area contributed by atoms with Crippen LogP contribution in [0.2, 0.25) is 0 Å². The fourth-order valence-corrected chi connectivity index (χ4v) is 3.82. The van der Waals surface area contributed by atoms with E-state index < -0.39 is 0 Å². The van der Waals surface area contributed by atoms with Crippen LogP contribution < -0.4 is 4.90 Å². The summed E-state index contributed by atoms with van der Waals surface area (Å²) in [5.74, 6) is 0.847. The molecule has 6 nitrogen and oxygen atoms in total. The summed E-state index contributed by atoms with van der Waals surface area (Å²) >= 11 is 1.28. The summed E-state index contributed by atoms with van der Waals surface area (Å²) in [7, 11) is 2.21. The predicted molar refractivity (Wildman–Crippen MR) is 96.1 cm³/mol. The molecule has 0 unspecified atom stereocenters. The van der Waals surface area contributed by atoms with Crippen LogP contribution in [0.25, 0.3) is 11.0 Å². The fraction of sp³-hybridized carbons (Fsp3) is 0.412. The Morgan fingerprint density at radius 3 is 2.67 bits per heavy atom. The Balaban J connectivity index is 1.36. The average Bonchev–Trinajstić information content (AvgIpc) is 3.10. The quantitative estimate of drug-likeness (QED) is 0.727. The Bertz CT molecular complexity index is 797. The van der Waals surface area contributed by atoms with E-state index in [9.17, 15) is 0 Å². The van der Waals surface area contributed by atoms with Crippen LogP contribution in [-0.2, 0) is 6.54 Å². The molecule has 0 amide bonds. The average molecular weight is 340 g/mol. The van der Waals surface area contributed by atoms with Gasteiger partial charge in [-0.25, -0.2) is 9.97 Å². The van der Waals surface area contributed by atoms with Crippen LogP contribution in [0.4, 0.5) is 5.95 Å². The first-order valence-electron chi connectivity index (χ1n) is 8.23. The van der Waals surface area contributed by atoms with Crippen LogP contribution in [0.1, 0.15) is 18.4 Å². The van der Waals surface area contributed by atoms with E-state index in [0.29, 0.717) is 6.04 Å². The van der Waals surface area contributed by atoms with Crippen LogP contribution in [0, 0.1) is 0 Å². The lowest BCUT2D eigenvalue weighted by Gasteiger charge is -2.36. The smallest absolute Gasteiger partial charge is 0.225 e. The summed E-state index contributed by atoms with van der Waals surface area (Å²) in [6.45, 7) is 2.96. The molecular formula is C17H20N6S. The SMILES string of the molecule is CN(Cc1ccc2nsnc2c1)C1CCN(c2ncccn2)CC1.